The molecule has 0 aromatic carbocycles. The van der Waals surface area contributed by atoms with Gasteiger partial charge in [0.15, 0.2) is 0 Å². The molecule has 140 valence electrons. The molecule has 0 spiro atoms. The van der Waals surface area contributed by atoms with Crippen LogP contribution in [0.15, 0.2) is 0 Å². The van der Waals surface area contributed by atoms with Crippen LogP contribution >= 0.6 is 0 Å². The third-order valence-corrected chi connectivity index (χ3v) is 2.41. The highest BCUT2D eigenvalue weighted by Gasteiger charge is 2.02. The van der Waals surface area contributed by atoms with Gasteiger partial charge in [0, 0.05) is 20.0 Å². The van der Waals surface area contributed by atoms with Crippen molar-refractivity contribution in [3.63, 3.8) is 0 Å². The van der Waals surface area contributed by atoms with Crippen LogP contribution in [0.4, 0.5) is 0 Å². The van der Waals surface area contributed by atoms with Gasteiger partial charge in [0.2, 0.25) is 17.7 Å². The van der Waals surface area contributed by atoms with Gasteiger partial charge in [-0.2, -0.15) is 0 Å². The van der Waals surface area contributed by atoms with Gasteiger partial charge in [0.05, 0.1) is 39.6 Å². The number of nitrogens with two attached hydrogens (primary N) is 1. The van der Waals surface area contributed by atoms with Crippen LogP contribution in [0.5, 0.6) is 0 Å². The van der Waals surface area contributed by atoms with Crippen LogP contribution in [-0.4, -0.2) is 83.7 Å². The number of nitrogens with one attached hydrogen (secondary N) is 2. The normalized spacial score (nSPS) is 10.4. The molecule has 0 aliphatic heterocycles. The predicted octanol–water partition coefficient (Wildman–Crippen LogP) is -2.21. The highest BCUT2D eigenvalue weighted by atomic mass is 16.5. The fraction of sp³-hybridized carbons (Fsp3) is 0.786. The molecule has 10 heteroatoms. The molecule has 3 amide bonds. The summed E-state index contributed by atoms with van der Waals surface area (Å²) in [6, 6.07) is 0. The Bertz CT molecular complexity index is 366. The van der Waals surface area contributed by atoms with Crippen LogP contribution in [0.25, 0.3) is 0 Å². The largest absolute Gasteiger partial charge is 0.377 e. The number of hydrogen-bond donors (Lipinski definition) is 3. The molecule has 0 saturated heterocycles. The first kappa shape index (κ1) is 22.2. The third-order valence-electron chi connectivity index (χ3n) is 2.41. The average molecular weight is 349 g/mol. The summed E-state index contributed by atoms with van der Waals surface area (Å²) in [5.74, 6) is -1.04. The summed E-state index contributed by atoms with van der Waals surface area (Å²) >= 11 is 0. The lowest BCUT2D eigenvalue weighted by Gasteiger charge is -2.08. The van der Waals surface area contributed by atoms with Crippen molar-refractivity contribution in [1.29, 1.82) is 0 Å². The van der Waals surface area contributed by atoms with Crippen LogP contribution in [0.3, 0.4) is 0 Å². The fourth-order valence-corrected chi connectivity index (χ4v) is 1.40. The molecular formula is C14H27N3O7. The van der Waals surface area contributed by atoms with E-state index in [0.29, 0.717) is 52.7 Å². The molecular weight excluding hydrogens is 322 g/mol. The lowest BCUT2D eigenvalue weighted by molar-refractivity contribution is -0.129. The number of carbonyl (C=O) groups excluding carboxylic acids is 3. The Kier molecular flexibility index (Phi) is 14.9. The molecule has 0 bridgehead atoms. The number of ether oxygens (including phenoxy) is 4. The van der Waals surface area contributed by atoms with Gasteiger partial charge in [-0.1, -0.05) is 0 Å². The second-order valence-corrected chi connectivity index (χ2v) is 4.63. The molecule has 24 heavy (non-hydrogen) atoms. The average Bonchev–Trinajstić information content (AvgIpc) is 2.51. The molecule has 0 aromatic rings. The van der Waals surface area contributed by atoms with E-state index in [0.717, 1.165) is 0 Å². The van der Waals surface area contributed by atoms with Crippen molar-refractivity contribution >= 4 is 17.7 Å². The maximum atomic E-state index is 11.2. The maximum absolute atomic E-state index is 11.2. The fourth-order valence-electron chi connectivity index (χ4n) is 1.40. The Hall–Kier alpha value is -1.75. The smallest absolute Gasteiger partial charge is 0.246 e. The Labute approximate surface area is 141 Å². The van der Waals surface area contributed by atoms with Crippen molar-refractivity contribution in [2.24, 2.45) is 5.73 Å². The molecule has 0 fully saturated rings. The molecule has 0 aliphatic rings. The van der Waals surface area contributed by atoms with Crippen molar-refractivity contribution in [2.75, 3.05) is 65.9 Å². The third kappa shape index (κ3) is 18.3. The summed E-state index contributed by atoms with van der Waals surface area (Å²) in [4.78, 5) is 32.2. The van der Waals surface area contributed by atoms with E-state index in [1.54, 1.807) is 0 Å². The number of carbonyl (C=O) groups is 3. The Morgan fingerprint density at radius 2 is 1.25 bits per heavy atom. The predicted molar refractivity (Wildman–Crippen MR) is 84.2 cm³/mol. The molecule has 10 nitrogen and oxygen atoms in total. The molecule has 0 aromatic heterocycles. The minimum atomic E-state index is -0.621. The highest BCUT2D eigenvalue weighted by molar-refractivity contribution is 5.78. The Morgan fingerprint density at radius 1 is 0.750 bits per heavy atom. The second kappa shape index (κ2) is 16.1. The molecule has 0 unspecified atom stereocenters. The van der Waals surface area contributed by atoms with E-state index in [1.807, 2.05) is 0 Å². The van der Waals surface area contributed by atoms with E-state index in [-0.39, 0.29) is 25.0 Å². The van der Waals surface area contributed by atoms with Gasteiger partial charge >= 0.3 is 0 Å². The van der Waals surface area contributed by atoms with Crippen molar-refractivity contribution in [3.05, 3.63) is 0 Å². The minimum Gasteiger partial charge on any atom is -0.377 e. The first-order valence-corrected chi connectivity index (χ1v) is 7.62. The number of hydrogen-bond acceptors (Lipinski definition) is 7. The summed E-state index contributed by atoms with van der Waals surface area (Å²) in [6.45, 7) is 4.28. The summed E-state index contributed by atoms with van der Waals surface area (Å²) in [5, 5.41) is 5.18. The van der Waals surface area contributed by atoms with Gasteiger partial charge in [0.1, 0.15) is 13.2 Å². The number of amides is 3. The summed E-state index contributed by atoms with van der Waals surface area (Å²) < 4.78 is 20.5. The molecule has 0 aliphatic carbocycles. The standard InChI is InChI=1S/C14H27N3O7/c1-12(18)16-2-4-21-6-8-23-9-7-22-5-3-17-14(20)11-24-10-13(15)19/h2-11H2,1H3,(H2,15,19)(H,16,18)(H,17,20). The van der Waals surface area contributed by atoms with E-state index in [2.05, 4.69) is 10.6 Å². The molecule has 0 rings (SSSR count). The zero-order valence-electron chi connectivity index (χ0n) is 14.0. The van der Waals surface area contributed by atoms with Crippen molar-refractivity contribution in [3.8, 4) is 0 Å². The summed E-state index contributed by atoms with van der Waals surface area (Å²) in [6.07, 6.45) is 0. The van der Waals surface area contributed by atoms with Gasteiger partial charge in [0.25, 0.3) is 0 Å². The maximum Gasteiger partial charge on any atom is 0.246 e. The van der Waals surface area contributed by atoms with E-state index in [4.69, 9.17) is 24.7 Å². The molecule has 4 N–H and O–H groups in total. The molecule has 0 radical (unpaired) electrons. The first-order chi connectivity index (χ1) is 11.5. The van der Waals surface area contributed by atoms with Gasteiger partial charge in [-0.3, -0.25) is 14.4 Å². The van der Waals surface area contributed by atoms with Crippen LogP contribution < -0.4 is 16.4 Å². The number of primary amides is 1. The molecule has 0 heterocycles. The number of rotatable bonds is 16. The second-order valence-electron chi connectivity index (χ2n) is 4.63. The molecule has 0 saturated carbocycles. The zero-order valence-corrected chi connectivity index (χ0v) is 14.0. The summed E-state index contributed by atoms with van der Waals surface area (Å²) in [7, 11) is 0. The lowest BCUT2D eigenvalue weighted by atomic mass is 10.5. The monoisotopic (exact) mass is 349 g/mol. The van der Waals surface area contributed by atoms with E-state index < -0.39 is 5.91 Å². The summed E-state index contributed by atoms with van der Waals surface area (Å²) in [5.41, 5.74) is 4.86. The van der Waals surface area contributed by atoms with Gasteiger partial charge < -0.3 is 35.3 Å². The Balaban J connectivity index is 3.16. The topological polar surface area (TPSA) is 138 Å². The van der Waals surface area contributed by atoms with Crippen LogP contribution in [0.1, 0.15) is 6.92 Å². The highest BCUT2D eigenvalue weighted by Crippen LogP contribution is 1.81. The zero-order chi connectivity index (χ0) is 18.0. The van der Waals surface area contributed by atoms with E-state index in [9.17, 15) is 14.4 Å². The van der Waals surface area contributed by atoms with Gasteiger partial charge in [-0.05, 0) is 0 Å². The van der Waals surface area contributed by atoms with E-state index >= 15 is 0 Å². The minimum absolute atomic E-state index is 0.0821. The Morgan fingerprint density at radius 3 is 1.75 bits per heavy atom. The van der Waals surface area contributed by atoms with Crippen molar-refractivity contribution < 1.29 is 33.3 Å². The SMILES string of the molecule is CC(=O)NCCOCCOCCOCCNC(=O)COCC(N)=O. The van der Waals surface area contributed by atoms with E-state index in [1.165, 1.54) is 6.92 Å². The lowest BCUT2D eigenvalue weighted by Crippen LogP contribution is -2.32. The van der Waals surface area contributed by atoms with Crippen molar-refractivity contribution in [1.82, 2.24) is 10.6 Å². The van der Waals surface area contributed by atoms with Crippen LogP contribution in [0, 0.1) is 0 Å². The first-order valence-electron chi connectivity index (χ1n) is 7.62. The quantitative estimate of drug-likeness (QED) is 0.269. The van der Waals surface area contributed by atoms with Gasteiger partial charge in [-0.15, -0.1) is 0 Å². The van der Waals surface area contributed by atoms with Gasteiger partial charge in [-0.25, -0.2) is 0 Å². The van der Waals surface area contributed by atoms with Crippen molar-refractivity contribution in [2.45, 2.75) is 6.92 Å². The van der Waals surface area contributed by atoms with Crippen LogP contribution in [0.2, 0.25) is 0 Å². The van der Waals surface area contributed by atoms with Crippen LogP contribution in [-0.2, 0) is 33.3 Å². The molecule has 0 atom stereocenters.